The minimum atomic E-state index is -0.259. The first-order valence-corrected chi connectivity index (χ1v) is 7.85. The molecule has 0 bridgehead atoms. The Bertz CT molecular complexity index is 709. The van der Waals surface area contributed by atoms with Crippen molar-refractivity contribution in [3.63, 3.8) is 0 Å². The number of carbonyl (C=O) groups excluding carboxylic acids is 2. The summed E-state index contributed by atoms with van der Waals surface area (Å²) in [6, 6.07) is 14.7. The predicted molar refractivity (Wildman–Crippen MR) is 95.4 cm³/mol. The average molecular weight is 326 g/mol. The molecule has 0 spiro atoms. The van der Waals surface area contributed by atoms with Crippen LogP contribution < -0.4 is 15.4 Å². The number of rotatable bonds is 6. The highest BCUT2D eigenvalue weighted by Crippen LogP contribution is 2.23. The third kappa shape index (κ3) is 5.12. The summed E-state index contributed by atoms with van der Waals surface area (Å²) in [5, 5.41) is 5.46. The molecule has 0 aliphatic carbocycles. The molecule has 2 N–H and O–H groups in total. The van der Waals surface area contributed by atoms with Gasteiger partial charge in [-0.2, -0.15) is 0 Å². The molecule has 0 aliphatic rings. The van der Waals surface area contributed by atoms with E-state index in [-0.39, 0.29) is 18.4 Å². The van der Waals surface area contributed by atoms with Gasteiger partial charge in [0.15, 0.2) is 6.61 Å². The summed E-state index contributed by atoms with van der Waals surface area (Å²) in [7, 11) is 0. The Hall–Kier alpha value is -2.82. The maximum atomic E-state index is 12.0. The quantitative estimate of drug-likeness (QED) is 0.849. The van der Waals surface area contributed by atoms with Gasteiger partial charge >= 0.3 is 0 Å². The molecule has 0 fully saturated rings. The lowest BCUT2D eigenvalue weighted by Crippen LogP contribution is -2.20. The Morgan fingerprint density at radius 2 is 1.67 bits per heavy atom. The van der Waals surface area contributed by atoms with E-state index in [0.717, 1.165) is 5.69 Å². The van der Waals surface area contributed by atoms with Crippen LogP contribution in [0.4, 0.5) is 11.4 Å². The van der Waals surface area contributed by atoms with Gasteiger partial charge in [-0.15, -0.1) is 0 Å². The first kappa shape index (κ1) is 17.5. The smallest absolute Gasteiger partial charge is 0.262 e. The van der Waals surface area contributed by atoms with Crippen LogP contribution in [0.25, 0.3) is 0 Å². The predicted octanol–water partition coefficient (Wildman–Crippen LogP) is 3.79. The van der Waals surface area contributed by atoms with Gasteiger partial charge in [-0.3, -0.25) is 9.59 Å². The number of amides is 2. The Kier molecular flexibility index (Phi) is 5.95. The average Bonchev–Trinajstić information content (AvgIpc) is 2.54. The number of carbonyl (C=O) groups is 2. The second-order valence-corrected chi connectivity index (χ2v) is 5.79. The second kappa shape index (κ2) is 8.15. The molecule has 0 atom stereocenters. The molecule has 5 nitrogen and oxygen atoms in total. The van der Waals surface area contributed by atoms with E-state index < -0.39 is 0 Å². The topological polar surface area (TPSA) is 67.4 Å². The maximum Gasteiger partial charge on any atom is 0.262 e. The van der Waals surface area contributed by atoms with Gasteiger partial charge in [0.1, 0.15) is 5.75 Å². The molecule has 0 saturated heterocycles. The lowest BCUT2D eigenvalue weighted by molar-refractivity contribution is -0.118. The first-order chi connectivity index (χ1) is 11.5. The standard InChI is InChI=1S/C19H22N2O3/c1-13(2)15-8-10-16(11-9-15)21-19(23)12-24-18-7-5-4-6-17(18)20-14(3)22/h4-11,13H,12H2,1-3H3,(H,20,22)(H,21,23). The zero-order valence-electron chi connectivity index (χ0n) is 14.1. The molecule has 0 aromatic heterocycles. The van der Waals surface area contributed by atoms with Crippen molar-refractivity contribution in [3.05, 3.63) is 54.1 Å². The van der Waals surface area contributed by atoms with Crippen LogP contribution in [0.5, 0.6) is 5.75 Å². The van der Waals surface area contributed by atoms with Gasteiger partial charge in [0.2, 0.25) is 5.91 Å². The molecule has 0 radical (unpaired) electrons. The maximum absolute atomic E-state index is 12.0. The number of nitrogens with one attached hydrogen (secondary N) is 2. The molecule has 0 aliphatic heterocycles. The SMILES string of the molecule is CC(=O)Nc1ccccc1OCC(=O)Nc1ccc(C(C)C)cc1. The van der Waals surface area contributed by atoms with Crippen molar-refractivity contribution >= 4 is 23.2 Å². The fourth-order valence-electron chi connectivity index (χ4n) is 2.18. The molecule has 126 valence electrons. The lowest BCUT2D eigenvalue weighted by atomic mass is 10.0. The van der Waals surface area contributed by atoms with E-state index in [1.165, 1.54) is 12.5 Å². The van der Waals surface area contributed by atoms with Crippen molar-refractivity contribution in [2.45, 2.75) is 26.7 Å². The summed E-state index contributed by atoms with van der Waals surface area (Å²) in [5.74, 6) is 0.451. The largest absolute Gasteiger partial charge is 0.482 e. The van der Waals surface area contributed by atoms with Crippen LogP contribution in [0, 0.1) is 0 Å². The minimum absolute atomic E-state index is 0.136. The van der Waals surface area contributed by atoms with Crippen LogP contribution in [0.2, 0.25) is 0 Å². The fourth-order valence-corrected chi connectivity index (χ4v) is 2.18. The van der Waals surface area contributed by atoms with Crippen LogP contribution in [0.1, 0.15) is 32.3 Å². The van der Waals surface area contributed by atoms with Gasteiger partial charge in [-0.1, -0.05) is 38.1 Å². The van der Waals surface area contributed by atoms with E-state index >= 15 is 0 Å². The molecule has 0 saturated carbocycles. The number of anilines is 2. The van der Waals surface area contributed by atoms with Crippen LogP contribution in [0.3, 0.4) is 0 Å². The molecule has 2 amide bonds. The molecule has 2 aromatic rings. The summed E-state index contributed by atoms with van der Waals surface area (Å²) in [4.78, 5) is 23.2. The van der Waals surface area contributed by atoms with Crippen molar-refractivity contribution in [2.75, 3.05) is 17.2 Å². The highest BCUT2D eigenvalue weighted by atomic mass is 16.5. The molecule has 24 heavy (non-hydrogen) atoms. The van der Waals surface area contributed by atoms with E-state index in [1.807, 2.05) is 24.3 Å². The fraction of sp³-hybridized carbons (Fsp3) is 0.263. The normalized spacial score (nSPS) is 10.3. The van der Waals surface area contributed by atoms with Crippen LogP contribution in [-0.2, 0) is 9.59 Å². The van der Waals surface area contributed by atoms with E-state index in [0.29, 0.717) is 17.4 Å². The number of hydrogen-bond acceptors (Lipinski definition) is 3. The first-order valence-electron chi connectivity index (χ1n) is 7.85. The molecular weight excluding hydrogens is 304 g/mol. The minimum Gasteiger partial charge on any atom is -0.482 e. The number of benzene rings is 2. The molecule has 2 aromatic carbocycles. The van der Waals surface area contributed by atoms with Crippen molar-refractivity contribution in [3.8, 4) is 5.75 Å². The lowest BCUT2D eigenvalue weighted by Gasteiger charge is -2.12. The summed E-state index contributed by atoms with van der Waals surface area (Å²) >= 11 is 0. The molecule has 5 heteroatoms. The van der Waals surface area contributed by atoms with E-state index in [1.54, 1.807) is 24.3 Å². The molecule has 0 unspecified atom stereocenters. The second-order valence-electron chi connectivity index (χ2n) is 5.79. The Morgan fingerprint density at radius 3 is 2.29 bits per heavy atom. The molecule has 2 rings (SSSR count). The Balaban J connectivity index is 1.92. The van der Waals surface area contributed by atoms with Gasteiger partial charge < -0.3 is 15.4 Å². The van der Waals surface area contributed by atoms with Crippen LogP contribution in [-0.4, -0.2) is 18.4 Å². The van der Waals surface area contributed by atoms with Gasteiger partial charge in [-0.25, -0.2) is 0 Å². The van der Waals surface area contributed by atoms with Gasteiger partial charge in [0.05, 0.1) is 5.69 Å². The number of hydrogen-bond donors (Lipinski definition) is 2. The summed E-state index contributed by atoms with van der Waals surface area (Å²) in [6.07, 6.45) is 0. The highest BCUT2D eigenvalue weighted by molar-refractivity contribution is 5.92. The zero-order chi connectivity index (χ0) is 17.5. The van der Waals surface area contributed by atoms with Gasteiger partial charge in [-0.05, 0) is 35.7 Å². The summed E-state index contributed by atoms with van der Waals surface area (Å²) in [5.41, 5.74) is 2.48. The Labute approximate surface area is 142 Å². The van der Waals surface area contributed by atoms with Gasteiger partial charge in [0, 0.05) is 12.6 Å². The molecule has 0 heterocycles. The third-order valence-corrected chi connectivity index (χ3v) is 3.42. The van der Waals surface area contributed by atoms with Crippen molar-refractivity contribution in [1.29, 1.82) is 0 Å². The monoisotopic (exact) mass is 326 g/mol. The number of para-hydroxylation sites is 2. The van der Waals surface area contributed by atoms with Gasteiger partial charge in [0.25, 0.3) is 5.91 Å². The van der Waals surface area contributed by atoms with Crippen molar-refractivity contribution in [1.82, 2.24) is 0 Å². The summed E-state index contributed by atoms with van der Waals surface area (Å²) in [6.45, 7) is 5.52. The highest BCUT2D eigenvalue weighted by Gasteiger charge is 2.08. The number of ether oxygens (including phenoxy) is 1. The van der Waals surface area contributed by atoms with Crippen LogP contribution in [0.15, 0.2) is 48.5 Å². The van der Waals surface area contributed by atoms with Crippen molar-refractivity contribution in [2.24, 2.45) is 0 Å². The Morgan fingerprint density at radius 1 is 1.00 bits per heavy atom. The van der Waals surface area contributed by atoms with E-state index in [2.05, 4.69) is 24.5 Å². The molecular formula is C19H22N2O3. The van der Waals surface area contributed by atoms with E-state index in [9.17, 15) is 9.59 Å². The van der Waals surface area contributed by atoms with Crippen LogP contribution >= 0.6 is 0 Å². The zero-order valence-corrected chi connectivity index (χ0v) is 14.1. The summed E-state index contributed by atoms with van der Waals surface area (Å²) < 4.78 is 5.51. The van der Waals surface area contributed by atoms with Crippen molar-refractivity contribution < 1.29 is 14.3 Å². The van der Waals surface area contributed by atoms with E-state index in [4.69, 9.17) is 4.74 Å². The third-order valence-electron chi connectivity index (χ3n) is 3.42.